The number of hydrogen-bond donors (Lipinski definition) is 0. The molecule has 88 valence electrons. The van der Waals surface area contributed by atoms with Crippen LogP contribution < -0.4 is 0 Å². The topological polar surface area (TPSA) is 56.0 Å². The Labute approximate surface area is 99.2 Å². The van der Waals surface area contributed by atoms with E-state index < -0.39 is 0 Å². The summed E-state index contributed by atoms with van der Waals surface area (Å²) in [5, 5.41) is 4.34. The van der Waals surface area contributed by atoms with Crippen LogP contribution in [0.3, 0.4) is 0 Å². The zero-order chi connectivity index (χ0) is 11.5. The Morgan fingerprint density at radius 1 is 1.69 bits per heavy atom. The summed E-state index contributed by atoms with van der Waals surface area (Å²) in [6, 6.07) is 0. The van der Waals surface area contributed by atoms with E-state index in [1.807, 2.05) is 25.6 Å². The summed E-state index contributed by atoms with van der Waals surface area (Å²) in [5.41, 5.74) is 0. The van der Waals surface area contributed by atoms with E-state index in [0.717, 1.165) is 18.0 Å². The minimum Gasteiger partial charge on any atom is -0.339 e. The second-order valence-corrected chi connectivity index (χ2v) is 5.34. The maximum Gasteiger partial charge on any atom is 0.236 e. The van der Waals surface area contributed by atoms with Gasteiger partial charge in [-0.2, -0.15) is 16.7 Å². The first kappa shape index (κ1) is 11.6. The highest BCUT2D eigenvalue weighted by Gasteiger charge is 2.26. The fraction of sp³-hybridized carbons (Fsp3) is 0.727. The zero-order valence-corrected chi connectivity index (χ0v) is 10.4. The van der Waals surface area contributed by atoms with Crippen molar-refractivity contribution in [3.8, 4) is 0 Å². The molecule has 0 bridgehead atoms. The maximum atomic E-state index is 11.5. The van der Waals surface area contributed by atoms with E-state index in [1.54, 1.807) is 0 Å². The molecule has 1 fully saturated rings. The Morgan fingerprint density at radius 3 is 3.12 bits per heavy atom. The van der Waals surface area contributed by atoms with Crippen LogP contribution in [0, 0.1) is 0 Å². The number of nitrogens with zero attached hydrogens (tertiary/aromatic N) is 2. The molecule has 0 amide bonds. The van der Waals surface area contributed by atoms with Gasteiger partial charge < -0.3 is 4.52 Å². The molecule has 2 rings (SSSR count). The summed E-state index contributed by atoms with van der Waals surface area (Å²) < 4.78 is 5.17. The zero-order valence-electron chi connectivity index (χ0n) is 9.60. The average molecular weight is 240 g/mol. The molecular formula is C11H16N2O2S. The standard InChI is InChI=1S/C11H16N2O2S/c1-3-8(14)7(2)11-12-10(13-15-11)9-5-4-6-16-9/h7,9H,3-6H2,1-2H3. The Morgan fingerprint density at radius 2 is 2.50 bits per heavy atom. The van der Waals surface area contributed by atoms with E-state index in [1.165, 1.54) is 6.42 Å². The van der Waals surface area contributed by atoms with Gasteiger partial charge in [-0.05, 0) is 25.5 Å². The quantitative estimate of drug-likeness (QED) is 0.810. The number of rotatable bonds is 4. The fourth-order valence-electron chi connectivity index (χ4n) is 1.78. The Balaban J connectivity index is 2.09. The third kappa shape index (κ3) is 2.29. The highest BCUT2D eigenvalue weighted by molar-refractivity contribution is 7.99. The number of carbonyl (C=O) groups excluding carboxylic acids is 1. The summed E-state index contributed by atoms with van der Waals surface area (Å²) >= 11 is 1.86. The van der Waals surface area contributed by atoms with Crippen molar-refractivity contribution >= 4 is 17.5 Å². The smallest absolute Gasteiger partial charge is 0.236 e. The third-order valence-corrected chi connectivity index (χ3v) is 4.25. The Bertz CT molecular complexity index is 372. The minimum atomic E-state index is -0.266. The van der Waals surface area contributed by atoms with Gasteiger partial charge in [-0.1, -0.05) is 12.1 Å². The molecule has 0 N–H and O–H groups in total. The van der Waals surface area contributed by atoms with Crippen LogP contribution in [0.5, 0.6) is 0 Å². The Kier molecular flexibility index (Phi) is 3.63. The molecule has 1 aromatic heterocycles. The van der Waals surface area contributed by atoms with Crippen LogP contribution in [0.2, 0.25) is 0 Å². The van der Waals surface area contributed by atoms with Gasteiger partial charge in [0.1, 0.15) is 5.78 Å². The molecule has 2 heterocycles. The van der Waals surface area contributed by atoms with Crippen molar-refractivity contribution in [1.29, 1.82) is 0 Å². The molecule has 1 aromatic rings. The van der Waals surface area contributed by atoms with Crippen LogP contribution in [0.1, 0.15) is 56.0 Å². The van der Waals surface area contributed by atoms with Gasteiger partial charge >= 0.3 is 0 Å². The fourth-order valence-corrected chi connectivity index (χ4v) is 2.98. The van der Waals surface area contributed by atoms with Gasteiger partial charge in [0, 0.05) is 6.42 Å². The molecule has 0 aliphatic carbocycles. The van der Waals surface area contributed by atoms with Crippen LogP contribution in [-0.4, -0.2) is 21.7 Å². The lowest BCUT2D eigenvalue weighted by Gasteiger charge is -2.02. The van der Waals surface area contributed by atoms with Crippen LogP contribution >= 0.6 is 11.8 Å². The van der Waals surface area contributed by atoms with E-state index in [2.05, 4.69) is 10.1 Å². The summed E-state index contributed by atoms with van der Waals surface area (Å²) in [7, 11) is 0. The highest BCUT2D eigenvalue weighted by Crippen LogP contribution is 2.38. The summed E-state index contributed by atoms with van der Waals surface area (Å²) in [5.74, 6) is 2.27. The lowest BCUT2D eigenvalue weighted by Crippen LogP contribution is -2.08. The van der Waals surface area contributed by atoms with Crippen LogP contribution in [0.25, 0.3) is 0 Å². The molecular weight excluding hydrogens is 224 g/mol. The van der Waals surface area contributed by atoms with Crippen molar-refractivity contribution < 1.29 is 9.32 Å². The molecule has 16 heavy (non-hydrogen) atoms. The van der Waals surface area contributed by atoms with Crippen LogP contribution in [0.4, 0.5) is 0 Å². The first-order valence-corrected chi connectivity index (χ1v) is 6.75. The lowest BCUT2D eigenvalue weighted by atomic mass is 10.1. The first-order chi connectivity index (χ1) is 7.72. The molecule has 2 atom stereocenters. The van der Waals surface area contributed by atoms with E-state index >= 15 is 0 Å². The SMILES string of the molecule is CCC(=O)C(C)c1nc(C2CCCS2)no1. The molecule has 0 radical (unpaired) electrons. The van der Waals surface area contributed by atoms with Crippen molar-refractivity contribution in [3.05, 3.63) is 11.7 Å². The monoisotopic (exact) mass is 240 g/mol. The number of carbonyl (C=O) groups is 1. The van der Waals surface area contributed by atoms with Gasteiger partial charge in [-0.15, -0.1) is 0 Å². The van der Waals surface area contributed by atoms with Crippen molar-refractivity contribution in [1.82, 2.24) is 10.1 Å². The molecule has 4 nitrogen and oxygen atoms in total. The molecule has 2 unspecified atom stereocenters. The second-order valence-electron chi connectivity index (χ2n) is 4.03. The molecule has 5 heteroatoms. The normalized spacial score (nSPS) is 22.2. The molecule has 0 saturated carbocycles. The summed E-state index contributed by atoms with van der Waals surface area (Å²) in [6.07, 6.45) is 2.83. The molecule has 0 aromatic carbocycles. The number of aromatic nitrogens is 2. The second kappa shape index (κ2) is 4.99. The van der Waals surface area contributed by atoms with E-state index in [0.29, 0.717) is 17.6 Å². The van der Waals surface area contributed by atoms with Gasteiger partial charge in [0.15, 0.2) is 5.82 Å². The van der Waals surface area contributed by atoms with Crippen molar-refractivity contribution in [3.63, 3.8) is 0 Å². The summed E-state index contributed by atoms with van der Waals surface area (Å²) in [6.45, 7) is 3.67. The van der Waals surface area contributed by atoms with Crippen LogP contribution in [0.15, 0.2) is 4.52 Å². The van der Waals surface area contributed by atoms with Crippen molar-refractivity contribution in [2.24, 2.45) is 0 Å². The molecule has 1 aliphatic rings. The predicted octanol–water partition coefficient (Wildman–Crippen LogP) is 2.72. The number of Topliss-reactive ketones (excluding diaryl/α,β-unsaturated/α-hetero) is 1. The molecule has 0 spiro atoms. The number of thioether (sulfide) groups is 1. The lowest BCUT2D eigenvalue weighted by molar-refractivity contribution is -0.120. The maximum absolute atomic E-state index is 11.5. The summed E-state index contributed by atoms with van der Waals surface area (Å²) in [4.78, 5) is 15.9. The number of hydrogen-bond acceptors (Lipinski definition) is 5. The number of ketones is 1. The van der Waals surface area contributed by atoms with E-state index in [-0.39, 0.29) is 11.7 Å². The van der Waals surface area contributed by atoms with E-state index in [4.69, 9.17) is 4.52 Å². The third-order valence-electron chi connectivity index (χ3n) is 2.88. The highest BCUT2D eigenvalue weighted by atomic mass is 32.2. The predicted molar refractivity (Wildman–Crippen MR) is 62.4 cm³/mol. The molecule has 1 saturated heterocycles. The minimum absolute atomic E-state index is 0.147. The largest absolute Gasteiger partial charge is 0.339 e. The Hall–Kier alpha value is -0.840. The van der Waals surface area contributed by atoms with Gasteiger partial charge in [0.2, 0.25) is 5.89 Å². The van der Waals surface area contributed by atoms with Gasteiger partial charge in [-0.3, -0.25) is 4.79 Å². The van der Waals surface area contributed by atoms with Gasteiger partial charge in [0.05, 0.1) is 11.2 Å². The van der Waals surface area contributed by atoms with Gasteiger partial charge in [-0.25, -0.2) is 0 Å². The van der Waals surface area contributed by atoms with Crippen LogP contribution in [-0.2, 0) is 4.79 Å². The molecule has 1 aliphatic heterocycles. The van der Waals surface area contributed by atoms with Crippen molar-refractivity contribution in [2.45, 2.75) is 44.3 Å². The van der Waals surface area contributed by atoms with E-state index in [9.17, 15) is 4.79 Å². The average Bonchev–Trinajstić information content (AvgIpc) is 2.96. The van der Waals surface area contributed by atoms with Crippen molar-refractivity contribution in [2.75, 3.05) is 5.75 Å². The van der Waals surface area contributed by atoms with Gasteiger partial charge in [0.25, 0.3) is 0 Å². The first-order valence-electron chi connectivity index (χ1n) is 5.70.